The predicted octanol–water partition coefficient (Wildman–Crippen LogP) is 4.17. The first kappa shape index (κ1) is 22.0. The van der Waals surface area contributed by atoms with Gasteiger partial charge >= 0.3 is 0 Å². The van der Waals surface area contributed by atoms with E-state index in [2.05, 4.69) is 20.1 Å². The van der Waals surface area contributed by atoms with Crippen molar-refractivity contribution >= 4 is 17.4 Å². The maximum atomic E-state index is 13.8. The lowest BCUT2D eigenvalue weighted by Gasteiger charge is -2.35. The lowest BCUT2D eigenvalue weighted by atomic mass is 10.0. The number of ether oxygens (including phenoxy) is 1. The zero-order valence-electron chi connectivity index (χ0n) is 19.4. The highest BCUT2D eigenvalue weighted by Gasteiger charge is 2.36. The molecule has 1 unspecified atom stereocenters. The number of carbonyl (C=O) groups is 1. The molecular formula is C26H34N4O3. The Hall–Kier alpha value is -2.80. The monoisotopic (exact) mass is 450 g/mol. The molecule has 7 heteroatoms. The van der Waals surface area contributed by atoms with Crippen LogP contribution in [0.2, 0.25) is 0 Å². The number of nitrogens with zero attached hydrogens (tertiary/aromatic N) is 3. The quantitative estimate of drug-likeness (QED) is 0.659. The van der Waals surface area contributed by atoms with Gasteiger partial charge in [-0.05, 0) is 55.5 Å². The smallest absolute Gasteiger partial charge is 0.258 e. The molecule has 33 heavy (non-hydrogen) atoms. The van der Waals surface area contributed by atoms with Crippen molar-refractivity contribution in [1.29, 1.82) is 0 Å². The topological polar surface area (TPSA) is 77.9 Å². The lowest BCUT2D eigenvalue weighted by molar-refractivity contribution is 0.0577. The van der Waals surface area contributed by atoms with Crippen LogP contribution in [0.15, 0.2) is 36.5 Å². The number of hydrogen-bond donors (Lipinski definition) is 2. The number of nitrogens with one attached hydrogen (secondary N) is 1. The molecule has 1 aliphatic heterocycles. The molecule has 176 valence electrons. The van der Waals surface area contributed by atoms with Crippen molar-refractivity contribution in [2.75, 3.05) is 23.9 Å². The summed E-state index contributed by atoms with van der Waals surface area (Å²) in [4.78, 5) is 22.5. The van der Waals surface area contributed by atoms with Crippen molar-refractivity contribution in [1.82, 2.24) is 9.88 Å². The van der Waals surface area contributed by atoms with Crippen molar-refractivity contribution in [2.45, 2.75) is 76.2 Å². The van der Waals surface area contributed by atoms with E-state index in [9.17, 15) is 9.90 Å². The first-order valence-corrected chi connectivity index (χ1v) is 12.3. The molecule has 0 radical (unpaired) electrons. The van der Waals surface area contributed by atoms with Crippen LogP contribution in [0.5, 0.6) is 5.75 Å². The van der Waals surface area contributed by atoms with Gasteiger partial charge in [0.25, 0.3) is 5.91 Å². The third-order valence-electron chi connectivity index (χ3n) is 7.47. The number of aliphatic hydroxyl groups excluding tert-OH is 1. The molecule has 2 heterocycles. The maximum absolute atomic E-state index is 13.8. The third kappa shape index (κ3) is 4.26. The van der Waals surface area contributed by atoms with Gasteiger partial charge in [0, 0.05) is 24.8 Å². The van der Waals surface area contributed by atoms with Crippen molar-refractivity contribution in [3.8, 4) is 5.75 Å². The molecule has 2 N–H and O–H groups in total. The van der Waals surface area contributed by atoms with Gasteiger partial charge in [-0.3, -0.25) is 4.79 Å². The van der Waals surface area contributed by atoms with Crippen LogP contribution in [-0.2, 0) is 6.54 Å². The molecule has 1 aromatic heterocycles. The highest BCUT2D eigenvalue weighted by Crippen LogP contribution is 2.36. The van der Waals surface area contributed by atoms with E-state index in [1.54, 1.807) is 13.3 Å². The van der Waals surface area contributed by atoms with E-state index in [0.29, 0.717) is 29.9 Å². The van der Waals surface area contributed by atoms with Crippen LogP contribution < -0.4 is 15.0 Å². The summed E-state index contributed by atoms with van der Waals surface area (Å²) in [7, 11) is 1.64. The summed E-state index contributed by atoms with van der Waals surface area (Å²) in [6.07, 6.45) is 10.8. The number of rotatable bonds is 7. The number of aromatic nitrogens is 1. The van der Waals surface area contributed by atoms with Crippen LogP contribution in [0.25, 0.3) is 0 Å². The molecule has 0 saturated heterocycles. The number of aliphatic hydroxyl groups is 1. The zero-order chi connectivity index (χ0) is 22.8. The van der Waals surface area contributed by atoms with Crippen LogP contribution >= 0.6 is 0 Å². The summed E-state index contributed by atoms with van der Waals surface area (Å²) < 4.78 is 5.73. The largest absolute Gasteiger partial charge is 0.496 e. The highest BCUT2D eigenvalue weighted by molar-refractivity contribution is 5.97. The number of anilines is 2. The molecule has 2 aliphatic carbocycles. The molecule has 2 saturated carbocycles. The van der Waals surface area contributed by atoms with Crippen LogP contribution in [0, 0.1) is 0 Å². The van der Waals surface area contributed by atoms with Gasteiger partial charge in [-0.2, -0.15) is 0 Å². The maximum Gasteiger partial charge on any atom is 0.258 e. The summed E-state index contributed by atoms with van der Waals surface area (Å²) in [5, 5.41) is 13.1. The molecule has 3 aliphatic rings. The fraction of sp³-hybridized carbons (Fsp3) is 0.538. The number of pyridine rings is 1. The first-order chi connectivity index (χ1) is 16.2. The SMILES string of the molecule is COc1cc(CN2c3cccnc3NC2CO)ccc1C(=O)N(C1CCCC1)C1CCCC1. The molecular weight excluding hydrogens is 416 g/mol. The minimum absolute atomic E-state index is 0.0260. The van der Waals surface area contributed by atoms with E-state index < -0.39 is 0 Å². The van der Waals surface area contributed by atoms with E-state index in [1.165, 1.54) is 25.7 Å². The molecule has 1 aromatic carbocycles. The summed E-state index contributed by atoms with van der Waals surface area (Å²) >= 11 is 0. The van der Waals surface area contributed by atoms with Crippen LogP contribution in [0.1, 0.15) is 67.3 Å². The Balaban J connectivity index is 1.40. The summed E-state index contributed by atoms with van der Waals surface area (Å²) in [5.41, 5.74) is 2.64. The number of methoxy groups -OCH3 is 1. The molecule has 1 atom stereocenters. The van der Waals surface area contributed by atoms with Crippen molar-refractivity contribution in [3.63, 3.8) is 0 Å². The number of benzene rings is 1. The van der Waals surface area contributed by atoms with Gasteiger partial charge in [-0.15, -0.1) is 0 Å². The van der Waals surface area contributed by atoms with Gasteiger partial charge in [-0.1, -0.05) is 31.7 Å². The minimum atomic E-state index is -0.234. The molecule has 0 bridgehead atoms. The number of fused-ring (bicyclic) bond motifs is 1. The van der Waals surface area contributed by atoms with E-state index in [-0.39, 0.29) is 18.7 Å². The van der Waals surface area contributed by atoms with E-state index >= 15 is 0 Å². The number of amides is 1. The first-order valence-electron chi connectivity index (χ1n) is 12.3. The Morgan fingerprint density at radius 2 is 1.85 bits per heavy atom. The summed E-state index contributed by atoms with van der Waals surface area (Å²) in [6.45, 7) is 0.554. The van der Waals surface area contributed by atoms with Gasteiger partial charge in [0.1, 0.15) is 11.9 Å². The Kier molecular flexibility index (Phi) is 6.40. The van der Waals surface area contributed by atoms with Crippen molar-refractivity contribution in [3.05, 3.63) is 47.7 Å². The molecule has 1 amide bonds. The van der Waals surface area contributed by atoms with Crippen LogP contribution in [0.3, 0.4) is 0 Å². The Labute approximate surface area is 195 Å². The fourth-order valence-corrected chi connectivity index (χ4v) is 5.82. The average Bonchev–Trinajstić information content (AvgIpc) is 3.62. The molecule has 2 aromatic rings. The lowest BCUT2D eigenvalue weighted by Crippen LogP contribution is -2.45. The third-order valence-corrected chi connectivity index (χ3v) is 7.47. The highest BCUT2D eigenvalue weighted by atomic mass is 16.5. The van der Waals surface area contributed by atoms with Crippen LogP contribution in [-0.4, -0.2) is 52.9 Å². The molecule has 5 rings (SSSR count). The van der Waals surface area contributed by atoms with E-state index in [0.717, 1.165) is 42.8 Å². The fourth-order valence-electron chi connectivity index (χ4n) is 5.82. The summed E-state index contributed by atoms with van der Waals surface area (Å²) in [6, 6.07) is 10.5. The Bertz CT molecular complexity index is 969. The van der Waals surface area contributed by atoms with E-state index in [4.69, 9.17) is 4.74 Å². The summed E-state index contributed by atoms with van der Waals surface area (Å²) in [5.74, 6) is 1.51. The second-order valence-corrected chi connectivity index (χ2v) is 9.47. The zero-order valence-corrected chi connectivity index (χ0v) is 19.4. The second-order valence-electron chi connectivity index (χ2n) is 9.47. The number of carbonyl (C=O) groups excluding carboxylic acids is 1. The minimum Gasteiger partial charge on any atom is -0.496 e. The van der Waals surface area contributed by atoms with Gasteiger partial charge in [0.2, 0.25) is 0 Å². The van der Waals surface area contributed by atoms with Crippen molar-refractivity contribution < 1.29 is 14.6 Å². The van der Waals surface area contributed by atoms with E-state index in [1.807, 2.05) is 30.3 Å². The standard InChI is InChI=1S/C26H34N4O3/c1-33-23-15-18(16-29-22-11-6-14-27-25(22)28-24(29)17-31)12-13-21(23)26(32)30(19-7-2-3-8-19)20-9-4-5-10-20/h6,11-15,19-20,24,31H,2-5,7-10,16-17H2,1H3,(H,27,28). The predicted molar refractivity (Wildman–Crippen MR) is 129 cm³/mol. The Morgan fingerprint density at radius 1 is 1.15 bits per heavy atom. The number of hydrogen-bond acceptors (Lipinski definition) is 6. The van der Waals surface area contributed by atoms with Gasteiger partial charge in [-0.25, -0.2) is 4.98 Å². The van der Waals surface area contributed by atoms with Gasteiger partial charge in [0.15, 0.2) is 5.82 Å². The van der Waals surface area contributed by atoms with Gasteiger partial charge < -0.3 is 25.0 Å². The second kappa shape index (κ2) is 9.59. The normalized spacial score (nSPS) is 20.7. The Morgan fingerprint density at radius 3 is 2.48 bits per heavy atom. The molecule has 2 fully saturated rings. The molecule has 7 nitrogen and oxygen atoms in total. The van der Waals surface area contributed by atoms with Gasteiger partial charge in [0.05, 0.1) is 25.0 Å². The van der Waals surface area contributed by atoms with Crippen molar-refractivity contribution in [2.24, 2.45) is 0 Å². The average molecular weight is 451 g/mol. The van der Waals surface area contributed by atoms with Crippen LogP contribution in [0.4, 0.5) is 11.5 Å². The molecule has 0 spiro atoms.